The summed E-state index contributed by atoms with van der Waals surface area (Å²) in [5.74, 6) is 0. The lowest BCUT2D eigenvalue weighted by atomic mass is 9.42. The van der Waals surface area contributed by atoms with Gasteiger partial charge in [0.2, 0.25) is 0 Å². The molecule has 4 fully saturated rings. The molecule has 3 heterocycles. The van der Waals surface area contributed by atoms with E-state index >= 15 is 0 Å². The van der Waals surface area contributed by atoms with Crippen LogP contribution in [0.25, 0.3) is 16.6 Å². The molecule has 2 bridgehead atoms. The smallest absolute Gasteiger partial charge is 0.419 e. The fraction of sp³-hybridized carbons (Fsp3) is 0.525. The molecule has 1 unspecified atom stereocenters. The molecule has 2 aliphatic heterocycles. The number of nitrogens with zero attached hydrogens (tertiary/aromatic N) is 4. The van der Waals surface area contributed by atoms with Gasteiger partial charge in [-0.1, -0.05) is 12.1 Å². The van der Waals surface area contributed by atoms with E-state index in [4.69, 9.17) is 19.6 Å². The lowest BCUT2D eigenvalue weighted by Crippen LogP contribution is -2.68. The summed E-state index contributed by atoms with van der Waals surface area (Å²) in [5.41, 5.74) is 6.85. The maximum atomic E-state index is 14.5. The summed E-state index contributed by atoms with van der Waals surface area (Å²) in [6.07, 6.45) is 5.37. The second kappa shape index (κ2) is 14.4. The highest BCUT2D eigenvalue weighted by atomic mass is 19.1. The van der Waals surface area contributed by atoms with Gasteiger partial charge in [0.05, 0.1) is 34.9 Å². The van der Waals surface area contributed by atoms with E-state index in [9.17, 15) is 24.1 Å². The van der Waals surface area contributed by atoms with E-state index in [1.54, 1.807) is 57.7 Å². The van der Waals surface area contributed by atoms with Crippen LogP contribution in [0.3, 0.4) is 0 Å². The number of ether oxygens (including phenoxy) is 3. The fourth-order valence-corrected chi connectivity index (χ4v) is 8.22. The van der Waals surface area contributed by atoms with Crippen molar-refractivity contribution in [2.24, 2.45) is 5.41 Å². The molecule has 2 aromatic carbocycles. The Hall–Kier alpha value is -5.22. The van der Waals surface area contributed by atoms with Gasteiger partial charge in [0.25, 0.3) is 5.69 Å². The van der Waals surface area contributed by atoms with Crippen LogP contribution in [0.5, 0.6) is 0 Å². The van der Waals surface area contributed by atoms with Crippen LogP contribution in [0.15, 0.2) is 42.6 Å². The number of benzene rings is 2. The highest BCUT2D eigenvalue weighted by Crippen LogP contribution is 2.69. The molecule has 1 aromatic heterocycles. The number of nitro groups is 1. The van der Waals surface area contributed by atoms with Gasteiger partial charge in [-0.15, -0.1) is 5.53 Å². The van der Waals surface area contributed by atoms with Crippen molar-refractivity contribution >= 4 is 46.4 Å². The predicted octanol–water partition coefficient (Wildman–Crippen LogP) is 7.72. The Morgan fingerprint density at radius 3 is 2.46 bits per heavy atom. The van der Waals surface area contributed by atoms with E-state index in [2.05, 4.69) is 16.3 Å². The third-order valence-corrected chi connectivity index (χ3v) is 10.4. The molecule has 56 heavy (non-hydrogen) atoms. The molecule has 16 heteroatoms. The summed E-state index contributed by atoms with van der Waals surface area (Å²) in [5, 5.41) is 26.0. The van der Waals surface area contributed by atoms with Crippen molar-refractivity contribution in [2.75, 3.05) is 18.5 Å². The third-order valence-electron chi connectivity index (χ3n) is 10.4. The summed E-state index contributed by atoms with van der Waals surface area (Å²) < 4.78 is 33.5. The maximum Gasteiger partial charge on any atom is 0.419 e. The highest BCUT2D eigenvalue weighted by molar-refractivity contribution is 5.95. The largest absolute Gasteiger partial charge is 0.444 e. The molecule has 8 rings (SSSR count). The van der Waals surface area contributed by atoms with Gasteiger partial charge in [0.1, 0.15) is 23.1 Å². The zero-order valence-electron chi connectivity index (χ0n) is 32.8. The molecule has 3 aliphatic carbocycles. The number of hydrogen-bond acceptors (Lipinski definition) is 12. The van der Waals surface area contributed by atoms with Crippen LogP contribution in [0.1, 0.15) is 102 Å². The maximum absolute atomic E-state index is 14.5. The van der Waals surface area contributed by atoms with E-state index < -0.39 is 34.0 Å². The van der Waals surface area contributed by atoms with Gasteiger partial charge in [0.15, 0.2) is 0 Å². The first-order valence-electron chi connectivity index (χ1n) is 19.1. The van der Waals surface area contributed by atoms with Gasteiger partial charge in [-0.25, -0.2) is 18.5 Å². The van der Waals surface area contributed by atoms with E-state index in [0.717, 1.165) is 30.2 Å². The number of amides is 1. The summed E-state index contributed by atoms with van der Waals surface area (Å²) in [4.78, 5) is 40.6. The van der Waals surface area contributed by atoms with Crippen molar-refractivity contribution in [1.29, 1.82) is 5.41 Å². The summed E-state index contributed by atoms with van der Waals surface area (Å²) in [6, 6.07) is 10.4. The van der Waals surface area contributed by atoms with E-state index in [-0.39, 0.29) is 23.9 Å². The molecule has 0 radical (unpaired) electrons. The third kappa shape index (κ3) is 8.31. The van der Waals surface area contributed by atoms with E-state index in [0.29, 0.717) is 72.7 Å². The normalized spacial score (nSPS) is 23.0. The molecule has 5 aliphatic rings. The van der Waals surface area contributed by atoms with Gasteiger partial charge in [-0.05, 0) is 103 Å². The fourth-order valence-electron chi connectivity index (χ4n) is 8.22. The monoisotopic (exact) mass is 774 g/mol. The summed E-state index contributed by atoms with van der Waals surface area (Å²) >= 11 is 0. The Morgan fingerprint density at radius 1 is 1.11 bits per heavy atom. The number of carbonyl (C=O) groups excluding carboxylic acids is 2. The molecule has 3 aromatic rings. The lowest BCUT2D eigenvalue weighted by Gasteiger charge is -2.66. The number of fused-ring (bicyclic) bond motifs is 1. The molecule has 1 atom stereocenters. The van der Waals surface area contributed by atoms with Gasteiger partial charge in [-0.2, -0.15) is 0 Å². The first kappa shape index (κ1) is 39.0. The lowest BCUT2D eigenvalue weighted by molar-refractivity contribution is -0.384. The number of hydrazine groups is 2. The Kier molecular flexibility index (Phi) is 10.0. The Labute approximate surface area is 325 Å². The minimum atomic E-state index is -1.14. The number of alkyl halides is 1. The number of hydrogen-bond donors (Lipinski definition) is 4. The highest BCUT2D eigenvalue weighted by Gasteiger charge is 2.69. The van der Waals surface area contributed by atoms with Crippen molar-refractivity contribution in [3.05, 3.63) is 75.1 Å². The molecular formula is C40H51FN8O7. The zero-order chi connectivity index (χ0) is 40.2. The first-order chi connectivity index (χ1) is 26.3. The molecule has 15 nitrogen and oxygen atoms in total. The van der Waals surface area contributed by atoms with Crippen LogP contribution in [-0.4, -0.2) is 74.1 Å². The SMILES string of the molecule is CC(C)(C)OC(=O)N(Cc1cc2ccc(CN3C=C(c4cc([N+](=O)[O-])cc(NC5CCCCO5)c4C=N)NN3)cc2n1C(=O)OC(C)(C)C)CC12CC(F)(C1)C2. The quantitative estimate of drug-likeness (QED) is 0.0852. The number of rotatable bonds is 11. The summed E-state index contributed by atoms with van der Waals surface area (Å²) in [6.45, 7) is 12.0. The van der Waals surface area contributed by atoms with Gasteiger partial charge < -0.3 is 35.3 Å². The van der Waals surface area contributed by atoms with Crippen LogP contribution in [0.2, 0.25) is 0 Å². The molecule has 4 N–H and O–H groups in total. The summed E-state index contributed by atoms with van der Waals surface area (Å²) in [7, 11) is 0. The van der Waals surface area contributed by atoms with Gasteiger partial charge >= 0.3 is 12.2 Å². The minimum absolute atomic E-state index is 0.0468. The van der Waals surface area contributed by atoms with Crippen LogP contribution < -0.4 is 16.3 Å². The van der Waals surface area contributed by atoms with Crippen LogP contribution >= 0.6 is 0 Å². The number of carbonyl (C=O) groups is 2. The number of halogens is 1. The van der Waals surface area contributed by atoms with Crippen molar-refractivity contribution < 1.29 is 33.1 Å². The predicted molar refractivity (Wildman–Crippen MR) is 208 cm³/mol. The van der Waals surface area contributed by atoms with Crippen LogP contribution in [-0.2, 0) is 27.3 Å². The van der Waals surface area contributed by atoms with Crippen LogP contribution in [0, 0.1) is 20.9 Å². The minimum Gasteiger partial charge on any atom is -0.444 e. The average Bonchev–Trinajstić information content (AvgIpc) is 3.69. The van der Waals surface area contributed by atoms with Crippen molar-refractivity contribution in [3.8, 4) is 0 Å². The van der Waals surface area contributed by atoms with E-state index in [1.165, 1.54) is 22.9 Å². The molecule has 1 amide bonds. The Bertz CT molecular complexity index is 2080. The zero-order valence-corrected chi connectivity index (χ0v) is 32.8. The second-order valence-electron chi connectivity index (χ2n) is 17.6. The first-order valence-corrected chi connectivity index (χ1v) is 19.1. The molecule has 300 valence electrons. The van der Waals surface area contributed by atoms with E-state index in [1.807, 2.05) is 24.3 Å². The average molecular weight is 775 g/mol. The number of aromatic nitrogens is 1. The number of nitrogens with one attached hydrogen (secondary N) is 4. The topological polar surface area (TPSA) is 176 Å². The van der Waals surface area contributed by atoms with Gasteiger partial charge in [-0.3, -0.25) is 15.1 Å². The molecule has 3 saturated carbocycles. The van der Waals surface area contributed by atoms with Crippen molar-refractivity contribution in [1.82, 2.24) is 25.4 Å². The van der Waals surface area contributed by atoms with Gasteiger partial charge in [0, 0.05) is 59.9 Å². The molecule has 0 spiro atoms. The number of non-ortho nitro benzene ring substituents is 1. The van der Waals surface area contributed by atoms with Crippen molar-refractivity contribution in [3.63, 3.8) is 0 Å². The van der Waals surface area contributed by atoms with Crippen molar-refractivity contribution in [2.45, 2.75) is 116 Å². The van der Waals surface area contributed by atoms with Crippen LogP contribution in [0.4, 0.5) is 25.4 Å². The molecule has 1 saturated heterocycles. The Balaban J connectivity index is 1.18. The standard InChI is InChI=1S/C40H51FN8O7/c1-37(2,3)55-35(50)46(24-39-21-40(41,22-39)23-39)19-28-14-26-11-10-25(13-33(26)48(28)36(51)56-38(4,5)6)18-47-20-32(44-45-47)29-15-27(49(52)53)16-31(30(29)17-42)43-34-9-7-8-12-54-34/h10-11,13-17,20,34,42-45H,7-9,12,18-19,21-24H2,1-6H3. The number of nitro benzene ring substituents is 1. The molecular weight excluding hydrogens is 723 g/mol. The second-order valence-corrected chi connectivity index (χ2v) is 17.6. The number of anilines is 1. The Morgan fingerprint density at radius 2 is 1.84 bits per heavy atom.